The molecule has 0 heterocycles. The van der Waals surface area contributed by atoms with Crippen molar-refractivity contribution >= 4 is 5.97 Å². The molecule has 0 aliphatic heterocycles. The Kier molecular flexibility index (Phi) is 7.83. The summed E-state index contributed by atoms with van der Waals surface area (Å²) in [5, 5.41) is 9.24. The Bertz CT molecular complexity index is 438. The summed E-state index contributed by atoms with van der Waals surface area (Å²) in [4.78, 5) is 13.7. The largest absolute Gasteiger partial charge is 0.496 e. The molecule has 4 heteroatoms. The van der Waals surface area contributed by atoms with Gasteiger partial charge in [0.1, 0.15) is 11.3 Å². The first kappa shape index (κ1) is 17.5. The van der Waals surface area contributed by atoms with Gasteiger partial charge in [-0.05, 0) is 43.6 Å². The van der Waals surface area contributed by atoms with Crippen molar-refractivity contribution in [2.24, 2.45) is 0 Å². The highest BCUT2D eigenvalue weighted by Gasteiger charge is 2.13. The Morgan fingerprint density at radius 1 is 1.19 bits per heavy atom. The molecule has 0 aliphatic carbocycles. The first-order valence-corrected chi connectivity index (χ1v) is 7.74. The summed E-state index contributed by atoms with van der Waals surface area (Å²) in [7, 11) is 1.50. The van der Waals surface area contributed by atoms with Gasteiger partial charge in [-0.15, -0.1) is 0 Å². The number of hydrogen-bond donors (Lipinski definition) is 1. The summed E-state index contributed by atoms with van der Waals surface area (Å²) in [6.45, 7) is 7.29. The first-order valence-electron chi connectivity index (χ1n) is 7.74. The molecule has 0 fully saturated rings. The minimum absolute atomic E-state index is 0.237. The number of carboxylic acid groups (broad SMARTS) is 1. The van der Waals surface area contributed by atoms with E-state index in [0.29, 0.717) is 5.75 Å². The van der Waals surface area contributed by atoms with Crippen molar-refractivity contribution in [3.8, 4) is 5.75 Å². The lowest BCUT2D eigenvalue weighted by Gasteiger charge is -2.22. The van der Waals surface area contributed by atoms with E-state index in [1.807, 2.05) is 6.07 Å². The van der Waals surface area contributed by atoms with Crippen LogP contribution in [0.25, 0.3) is 0 Å². The third-order valence-corrected chi connectivity index (χ3v) is 3.56. The summed E-state index contributed by atoms with van der Waals surface area (Å²) in [6.07, 6.45) is 4.69. The molecule has 0 aromatic heterocycles. The second kappa shape index (κ2) is 9.40. The molecule has 0 saturated heterocycles. The van der Waals surface area contributed by atoms with Crippen molar-refractivity contribution < 1.29 is 14.6 Å². The summed E-state index contributed by atoms with van der Waals surface area (Å²) < 4.78 is 5.10. The number of aromatic carboxylic acids is 1. The molecule has 0 atom stereocenters. The molecule has 0 bridgehead atoms. The number of carbonyl (C=O) groups is 1. The molecule has 118 valence electrons. The van der Waals surface area contributed by atoms with Crippen LogP contribution in [0.4, 0.5) is 0 Å². The highest BCUT2D eigenvalue weighted by Crippen LogP contribution is 2.21. The zero-order chi connectivity index (χ0) is 15.7. The maximum atomic E-state index is 11.3. The number of nitrogens with zero attached hydrogens (tertiary/aromatic N) is 1. The molecule has 0 saturated carbocycles. The molecule has 0 unspecified atom stereocenters. The maximum Gasteiger partial charge on any atom is 0.339 e. The molecular formula is C17H27NO3. The van der Waals surface area contributed by atoms with E-state index < -0.39 is 5.97 Å². The number of methoxy groups -OCH3 is 1. The van der Waals surface area contributed by atoms with Crippen LogP contribution in [0.3, 0.4) is 0 Å². The van der Waals surface area contributed by atoms with Crippen molar-refractivity contribution in [1.82, 2.24) is 4.90 Å². The minimum atomic E-state index is -0.942. The smallest absolute Gasteiger partial charge is 0.339 e. The Labute approximate surface area is 127 Å². The first-order chi connectivity index (χ1) is 10.1. The van der Waals surface area contributed by atoms with Gasteiger partial charge in [0.05, 0.1) is 7.11 Å². The number of benzene rings is 1. The van der Waals surface area contributed by atoms with Crippen molar-refractivity contribution in [2.75, 3.05) is 20.2 Å². The van der Waals surface area contributed by atoms with Gasteiger partial charge >= 0.3 is 5.97 Å². The van der Waals surface area contributed by atoms with Gasteiger partial charge in [-0.2, -0.15) is 0 Å². The van der Waals surface area contributed by atoms with Crippen molar-refractivity contribution in [3.05, 3.63) is 29.3 Å². The SMILES string of the molecule is CCCCN(CCCC)Cc1ccc(OC)c(C(=O)O)c1. The number of rotatable bonds is 10. The van der Waals surface area contributed by atoms with Crippen LogP contribution in [0.15, 0.2) is 18.2 Å². The lowest BCUT2D eigenvalue weighted by molar-refractivity contribution is 0.0693. The van der Waals surface area contributed by atoms with Crippen LogP contribution in [-0.2, 0) is 6.54 Å². The van der Waals surface area contributed by atoms with E-state index >= 15 is 0 Å². The summed E-state index contributed by atoms with van der Waals surface area (Å²) in [5.74, 6) is -0.526. The molecule has 0 spiro atoms. The van der Waals surface area contributed by atoms with E-state index in [0.717, 1.165) is 25.2 Å². The Hall–Kier alpha value is -1.55. The Balaban J connectivity index is 2.82. The maximum absolute atomic E-state index is 11.3. The molecule has 4 nitrogen and oxygen atoms in total. The van der Waals surface area contributed by atoms with Gasteiger partial charge in [-0.3, -0.25) is 4.90 Å². The normalized spacial score (nSPS) is 10.9. The summed E-state index contributed by atoms with van der Waals surface area (Å²) >= 11 is 0. The third kappa shape index (κ3) is 5.76. The number of hydrogen-bond acceptors (Lipinski definition) is 3. The standard InChI is InChI=1S/C17H27NO3/c1-4-6-10-18(11-7-5-2)13-14-8-9-16(21-3)15(12-14)17(19)20/h8-9,12H,4-7,10-11,13H2,1-3H3,(H,19,20). The van der Waals surface area contributed by atoms with Gasteiger partial charge in [-0.1, -0.05) is 32.8 Å². The number of carboxylic acids is 1. The molecule has 1 aromatic rings. The highest BCUT2D eigenvalue weighted by atomic mass is 16.5. The van der Waals surface area contributed by atoms with E-state index in [1.54, 1.807) is 12.1 Å². The van der Waals surface area contributed by atoms with Gasteiger partial charge in [0, 0.05) is 6.54 Å². The van der Waals surface area contributed by atoms with Crippen molar-refractivity contribution in [2.45, 2.75) is 46.1 Å². The van der Waals surface area contributed by atoms with E-state index in [2.05, 4.69) is 18.7 Å². The van der Waals surface area contributed by atoms with Crippen LogP contribution in [0, 0.1) is 0 Å². The van der Waals surface area contributed by atoms with E-state index in [-0.39, 0.29) is 5.56 Å². The van der Waals surface area contributed by atoms with Gasteiger partial charge in [-0.25, -0.2) is 4.79 Å². The predicted octanol–water partition coefficient (Wildman–Crippen LogP) is 3.80. The second-order valence-electron chi connectivity index (χ2n) is 5.32. The number of unbranched alkanes of at least 4 members (excludes halogenated alkanes) is 2. The fraction of sp³-hybridized carbons (Fsp3) is 0.588. The average Bonchev–Trinajstić information content (AvgIpc) is 2.49. The molecular weight excluding hydrogens is 266 g/mol. The Morgan fingerprint density at radius 3 is 2.29 bits per heavy atom. The van der Waals surface area contributed by atoms with Crippen LogP contribution < -0.4 is 4.74 Å². The van der Waals surface area contributed by atoms with Gasteiger partial charge in [0.2, 0.25) is 0 Å². The van der Waals surface area contributed by atoms with Crippen LogP contribution in [0.1, 0.15) is 55.5 Å². The van der Waals surface area contributed by atoms with Crippen LogP contribution in [-0.4, -0.2) is 36.2 Å². The quantitative estimate of drug-likeness (QED) is 0.713. The van der Waals surface area contributed by atoms with Gasteiger partial charge in [0.15, 0.2) is 0 Å². The van der Waals surface area contributed by atoms with Crippen molar-refractivity contribution in [3.63, 3.8) is 0 Å². The van der Waals surface area contributed by atoms with Gasteiger partial charge in [0.25, 0.3) is 0 Å². The zero-order valence-electron chi connectivity index (χ0n) is 13.4. The van der Waals surface area contributed by atoms with E-state index in [9.17, 15) is 9.90 Å². The number of ether oxygens (including phenoxy) is 1. The third-order valence-electron chi connectivity index (χ3n) is 3.56. The molecule has 0 radical (unpaired) electrons. The summed E-state index contributed by atoms with van der Waals surface area (Å²) in [5.41, 5.74) is 1.27. The van der Waals surface area contributed by atoms with E-state index in [4.69, 9.17) is 4.74 Å². The van der Waals surface area contributed by atoms with Crippen LogP contribution in [0.2, 0.25) is 0 Å². The summed E-state index contributed by atoms with van der Waals surface area (Å²) in [6, 6.07) is 5.43. The molecule has 0 aliphatic rings. The second-order valence-corrected chi connectivity index (χ2v) is 5.32. The minimum Gasteiger partial charge on any atom is -0.496 e. The predicted molar refractivity (Wildman–Crippen MR) is 85.0 cm³/mol. The lowest BCUT2D eigenvalue weighted by atomic mass is 10.1. The van der Waals surface area contributed by atoms with Crippen molar-refractivity contribution in [1.29, 1.82) is 0 Å². The fourth-order valence-electron chi connectivity index (χ4n) is 2.31. The molecule has 0 amide bonds. The topological polar surface area (TPSA) is 49.8 Å². The average molecular weight is 293 g/mol. The molecule has 1 aromatic carbocycles. The molecule has 1 rings (SSSR count). The lowest BCUT2D eigenvalue weighted by Crippen LogP contribution is -2.25. The van der Waals surface area contributed by atoms with Gasteiger partial charge < -0.3 is 9.84 Å². The van der Waals surface area contributed by atoms with Crippen LogP contribution >= 0.6 is 0 Å². The Morgan fingerprint density at radius 2 is 1.81 bits per heavy atom. The molecule has 1 N–H and O–H groups in total. The highest BCUT2D eigenvalue weighted by molar-refractivity contribution is 5.91. The van der Waals surface area contributed by atoms with Crippen LogP contribution in [0.5, 0.6) is 5.75 Å². The molecule has 21 heavy (non-hydrogen) atoms. The zero-order valence-corrected chi connectivity index (χ0v) is 13.4. The fourth-order valence-corrected chi connectivity index (χ4v) is 2.31. The van der Waals surface area contributed by atoms with E-state index in [1.165, 1.54) is 32.8 Å². The monoisotopic (exact) mass is 293 g/mol.